The van der Waals surface area contributed by atoms with Gasteiger partial charge < -0.3 is 19.9 Å². The molecular formula is C24H22BrClN2O7S. The van der Waals surface area contributed by atoms with Gasteiger partial charge in [0.25, 0.3) is 11.1 Å². The molecule has 0 aromatic heterocycles. The lowest BCUT2D eigenvalue weighted by molar-refractivity contribution is -0.127. The van der Waals surface area contributed by atoms with E-state index in [0.717, 1.165) is 4.90 Å². The highest BCUT2D eigenvalue weighted by Gasteiger charge is 2.36. The fraction of sp³-hybridized carbons (Fsp3) is 0.250. The standard InChI is InChI=1S/C24H22BrClN2O7S/c1-3-7-35-23(32)15-11-14(5-6-17(15)26)27-20(29)12-28-22(31)19(36-24(28)33)10-13-8-16(25)21(30)18(9-13)34-4-2/h5-6,8-11,30H,3-4,7,12H2,1-2H3,(H,27,29)/b19-10+. The second-order valence-corrected chi connectivity index (χ2v) is 9.68. The maximum absolute atomic E-state index is 12.8. The summed E-state index contributed by atoms with van der Waals surface area (Å²) in [6.07, 6.45) is 2.12. The normalized spacial score (nSPS) is 14.3. The molecule has 9 nitrogen and oxygen atoms in total. The van der Waals surface area contributed by atoms with Crippen molar-refractivity contribution < 1.29 is 33.8 Å². The minimum Gasteiger partial charge on any atom is -0.503 e. The van der Waals surface area contributed by atoms with Crippen molar-refractivity contribution in [3.05, 3.63) is 55.9 Å². The lowest BCUT2D eigenvalue weighted by atomic mass is 10.2. The van der Waals surface area contributed by atoms with Crippen LogP contribution in [0.4, 0.5) is 10.5 Å². The van der Waals surface area contributed by atoms with Gasteiger partial charge in [0.05, 0.1) is 33.2 Å². The molecule has 0 aliphatic carbocycles. The summed E-state index contributed by atoms with van der Waals surface area (Å²) in [5.41, 5.74) is 0.859. The summed E-state index contributed by atoms with van der Waals surface area (Å²) in [5.74, 6) is -1.76. The van der Waals surface area contributed by atoms with E-state index < -0.39 is 29.6 Å². The highest BCUT2D eigenvalue weighted by Crippen LogP contribution is 2.38. The molecule has 1 heterocycles. The largest absolute Gasteiger partial charge is 0.503 e. The number of ether oxygens (including phenoxy) is 2. The Bertz CT molecular complexity index is 1250. The van der Waals surface area contributed by atoms with Gasteiger partial charge in [-0.15, -0.1) is 0 Å². The molecule has 2 aromatic carbocycles. The number of carbonyl (C=O) groups is 4. The SMILES string of the molecule is CCCOC(=O)c1cc(NC(=O)CN2C(=O)S/C(=C/c3cc(Br)c(O)c(OCC)c3)C2=O)ccc1Cl. The van der Waals surface area contributed by atoms with E-state index in [9.17, 15) is 24.3 Å². The zero-order valence-corrected chi connectivity index (χ0v) is 22.5. The van der Waals surface area contributed by atoms with Gasteiger partial charge in [0, 0.05) is 5.69 Å². The summed E-state index contributed by atoms with van der Waals surface area (Å²) in [6.45, 7) is 3.65. The number of hydrogen-bond acceptors (Lipinski definition) is 8. The number of anilines is 1. The van der Waals surface area contributed by atoms with E-state index in [1.807, 2.05) is 6.92 Å². The van der Waals surface area contributed by atoms with E-state index in [2.05, 4.69) is 21.2 Å². The third kappa shape index (κ3) is 6.59. The molecule has 2 N–H and O–H groups in total. The maximum Gasteiger partial charge on any atom is 0.339 e. The number of nitrogens with one attached hydrogen (secondary N) is 1. The number of carbonyl (C=O) groups excluding carboxylic acids is 4. The van der Waals surface area contributed by atoms with Crippen LogP contribution in [0.2, 0.25) is 5.02 Å². The minimum absolute atomic E-state index is 0.0808. The first-order chi connectivity index (χ1) is 17.1. The predicted octanol–water partition coefficient (Wildman–Crippen LogP) is 5.45. The van der Waals surface area contributed by atoms with Crippen molar-refractivity contribution in [1.82, 2.24) is 4.90 Å². The number of rotatable bonds is 9. The lowest BCUT2D eigenvalue weighted by Crippen LogP contribution is -2.36. The van der Waals surface area contributed by atoms with Crippen molar-refractivity contribution in [3.63, 3.8) is 0 Å². The van der Waals surface area contributed by atoms with Gasteiger partial charge in [-0.3, -0.25) is 19.3 Å². The number of phenolic OH excluding ortho intramolecular Hbond substituents is 1. The van der Waals surface area contributed by atoms with Crippen LogP contribution in [0.25, 0.3) is 6.08 Å². The Balaban J connectivity index is 1.72. The number of nitrogens with zero attached hydrogens (tertiary/aromatic N) is 1. The third-order valence-corrected chi connectivity index (χ3v) is 6.57. The number of thioether (sulfide) groups is 1. The molecule has 0 atom stereocenters. The quantitative estimate of drug-likeness (QED) is 0.289. The van der Waals surface area contributed by atoms with Crippen molar-refractivity contribution in [2.45, 2.75) is 20.3 Å². The molecule has 0 bridgehead atoms. The van der Waals surface area contributed by atoms with Crippen molar-refractivity contribution in [1.29, 1.82) is 0 Å². The summed E-state index contributed by atoms with van der Waals surface area (Å²) in [7, 11) is 0. The Morgan fingerprint density at radius 1 is 1.22 bits per heavy atom. The zero-order valence-electron chi connectivity index (χ0n) is 19.3. The molecule has 3 amide bonds. The van der Waals surface area contributed by atoms with Gasteiger partial charge in [0.15, 0.2) is 11.5 Å². The Morgan fingerprint density at radius 2 is 1.97 bits per heavy atom. The number of aromatic hydroxyl groups is 1. The fourth-order valence-corrected chi connectivity index (χ4v) is 4.60. The summed E-state index contributed by atoms with van der Waals surface area (Å²) >= 11 is 9.99. The maximum atomic E-state index is 12.8. The van der Waals surface area contributed by atoms with Crippen molar-refractivity contribution in [2.24, 2.45) is 0 Å². The summed E-state index contributed by atoms with van der Waals surface area (Å²) in [5, 5.41) is 12.2. The van der Waals surface area contributed by atoms with Gasteiger partial charge in [-0.05, 0) is 83.0 Å². The van der Waals surface area contributed by atoms with Gasteiger partial charge in [-0.1, -0.05) is 18.5 Å². The fourth-order valence-electron chi connectivity index (χ4n) is 3.11. The number of amides is 3. The van der Waals surface area contributed by atoms with Gasteiger partial charge in [0.2, 0.25) is 5.91 Å². The van der Waals surface area contributed by atoms with Crippen LogP contribution in [-0.4, -0.2) is 52.8 Å². The molecule has 0 saturated carbocycles. The first kappa shape index (κ1) is 27.6. The molecular weight excluding hydrogens is 576 g/mol. The Hall–Kier alpha value is -3.02. The van der Waals surface area contributed by atoms with Crippen LogP contribution in [0.1, 0.15) is 36.2 Å². The molecule has 2 aromatic rings. The van der Waals surface area contributed by atoms with Crippen LogP contribution in [0.3, 0.4) is 0 Å². The molecule has 1 aliphatic rings. The van der Waals surface area contributed by atoms with Gasteiger partial charge >= 0.3 is 5.97 Å². The number of benzene rings is 2. The first-order valence-electron chi connectivity index (χ1n) is 10.8. The molecule has 1 aliphatic heterocycles. The van der Waals surface area contributed by atoms with Crippen molar-refractivity contribution in [3.8, 4) is 11.5 Å². The first-order valence-corrected chi connectivity index (χ1v) is 12.8. The summed E-state index contributed by atoms with van der Waals surface area (Å²) < 4.78 is 10.8. The van der Waals surface area contributed by atoms with Crippen LogP contribution < -0.4 is 10.1 Å². The molecule has 3 rings (SSSR count). The van der Waals surface area contributed by atoms with E-state index in [1.165, 1.54) is 30.3 Å². The van der Waals surface area contributed by atoms with Crippen molar-refractivity contribution in [2.75, 3.05) is 25.1 Å². The molecule has 12 heteroatoms. The average molecular weight is 598 g/mol. The van der Waals surface area contributed by atoms with E-state index in [-0.39, 0.29) is 39.3 Å². The van der Waals surface area contributed by atoms with Crippen molar-refractivity contribution >= 4 is 74.1 Å². The third-order valence-electron chi connectivity index (χ3n) is 4.73. The highest BCUT2D eigenvalue weighted by molar-refractivity contribution is 9.10. The summed E-state index contributed by atoms with van der Waals surface area (Å²) in [6, 6.07) is 7.40. The topological polar surface area (TPSA) is 122 Å². The van der Waals surface area contributed by atoms with E-state index in [4.69, 9.17) is 21.1 Å². The Morgan fingerprint density at radius 3 is 2.67 bits per heavy atom. The smallest absolute Gasteiger partial charge is 0.339 e. The molecule has 0 radical (unpaired) electrons. The number of esters is 1. The average Bonchev–Trinajstić information content (AvgIpc) is 3.09. The number of phenols is 1. The lowest BCUT2D eigenvalue weighted by Gasteiger charge is -2.13. The van der Waals surface area contributed by atoms with Gasteiger partial charge in [0.1, 0.15) is 6.54 Å². The minimum atomic E-state index is -0.639. The molecule has 36 heavy (non-hydrogen) atoms. The second kappa shape index (κ2) is 12.3. The van der Waals surface area contributed by atoms with E-state index >= 15 is 0 Å². The van der Waals surface area contributed by atoms with Crippen LogP contribution >= 0.6 is 39.3 Å². The zero-order chi connectivity index (χ0) is 26.4. The molecule has 0 spiro atoms. The number of imide groups is 1. The monoisotopic (exact) mass is 596 g/mol. The molecule has 1 fully saturated rings. The number of halogens is 2. The molecule has 190 valence electrons. The van der Waals surface area contributed by atoms with Crippen LogP contribution in [0.5, 0.6) is 11.5 Å². The van der Waals surface area contributed by atoms with Crippen LogP contribution in [-0.2, 0) is 14.3 Å². The van der Waals surface area contributed by atoms with E-state index in [1.54, 1.807) is 13.0 Å². The van der Waals surface area contributed by atoms with Crippen LogP contribution in [0.15, 0.2) is 39.7 Å². The van der Waals surface area contributed by atoms with Gasteiger partial charge in [-0.2, -0.15) is 0 Å². The predicted molar refractivity (Wildman–Crippen MR) is 140 cm³/mol. The van der Waals surface area contributed by atoms with E-state index in [0.29, 0.717) is 34.8 Å². The number of hydrogen-bond donors (Lipinski definition) is 2. The van der Waals surface area contributed by atoms with Crippen LogP contribution in [0, 0.1) is 0 Å². The molecule has 0 unspecified atom stereocenters. The second-order valence-electron chi connectivity index (χ2n) is 7.43. The Kier molecular flexibility index (Phi) is 9.41. The molecule has 1 saturated heterocycles. The Labute approximate surface area is 224 Å². The highest BCUT2D eigenvalue weighted by atomic mass is 79.9. The summed E-state index contributed by atoms with van der Waals surface area (Å²) in [4.78, 5) is 50.9. The van der Waals surface area contributed by atoms with Gasteiger partial charge in [-0.25, -0.2) is 4.79 Å².